The molecule has 1 aromatic heterocycles. The molecule has 0 aliphatic rings. The predicted molar refractivity (Wildman–Crippen MR) is 68.2 cm³/mol. The summed E-state index contributed by atoms with van der Waals surface area (Å²) in [7, 11) is 3.61. The summed E-state index contributed by atoms with van der Waals surface area (Å²) in [6.45, 7) is 2.20. The van der Waals surface area contributed by atoms with Gasteiger partial charge in [-0.15, -0.1) is 0 Å². The largest absolute Gasteiger partial charge is 0.495 e. The third-order valence-electron chi connectivity index (χ3n) is 3.29. The van der Waals surface area contributed by atoms with Gasteiger partial charge in [-0.2, -0.15) is 0 Å². The molecule has 2 rings (SSSR count). The quantitative estimate of drug-likeness (QED) is 0.845. The fraction of sp³-hybridized carbons (Fsp3) is 0.385. The first kappa shape index (κ1) is 12.0. The first-order valence-corrected chi connectivity index (χ1v) is 5.61. The number of methoxy groups -OCH3 is 1. The number of benzene rings is 1. The molecule has 0 radical (unpaired) electrons. The minimum Gasteiger partial charge on any atom is -0.495 e. The van der Waals surface area contributed by atoms with Gasteiger partial charge in [0, 0.05) is 30.2 Å². The molecule has 92 valence electrons. The maximum Gasteiger partial charge on any atom is 0.143 e. The Morgan fingerprint density at radius 1 is 1.47 bits per heavy atom. The Hall–Kier alpha value is -1.52. The molecule has 4 nitrogen and oxygen atoms in total. The van der Waals surface area contributed by atoms with E-state index in [0.29, 0.717) is 0 Å². The second kappa shape index (κ2) is 4.39. The van der Waals surface area contributed by atoms with Crippen molar-refractivity contribution in [3.63, 3.8) is 0 Å². The van der Waals surface area contributed by atoms with Gasteiger partial charge < -0.3 is 20.1 Å². The number of nitrogens with two attached hydrogens (primary N) is 1. The van der Waals surface area contributed by atoms with E-state index in [4.69, 9.17) is 10.5 Å². The van der Waals surface area contributed by atoms with E-state index in [-0.39, 0.29) is 6.54 Å². The number of hydrogen-bond acceptors (Lipinski definition) is 3. The van der Waals surface area contributed by atoms with Crippen LogP contribution in [0.3, 0.4) is 0 Å². The van der Waals surface area contributed by atoms with E-state index in [1.807, 2.05) is 36.7 Å². The van der Waals surface area contributed by atoms with Crippen molar-refractivity contribution in [1.82, 2.24) is 4.57 Å². The molecule has 17 heavy (non-hydrogen) atoms. The molecule has 1 unspecified atom stereocenters. The number of ether oxygens (including phenoxy) is 1. The van der Waals surface area contributed by atoms with Crippen LogP contribution in [0.5, 0.6) is 5.75 Å². The Morgan fingerprint density at radius 3 is 2.76 bits per heavy atom. The van der Waals surface area contributed by atoms with Crippen molar-refractivity contribution < 1.29 is 9.84 Å². The number of aliphatic hydroxyl groups excluding tert-OH is 1. The highest BCUT2D eigenvalue weighted by Crippen LogP contribution is 2.34. The van der Waals surface area contributed by atoms with Crippen molar-refractivity contribution in [2.45, 2.75) is 13.0 Å². The zero-order valence-corrected chi connectivity index (χ0v) is 10.4. The predicted octanol–water partition coefficient (Wildman–Crippen LogP) is 1.49. The summed E-state index contributed by atoms with van der Waals surface area (Å²) in [6, 6.07) is 5.83. The number of nitrogens with zero attached hydrogens (tertiary/aromatic N) is 1. The number of aliphatic hydroxyl groups is 1. The lowest BCUT2D eigenvalue weighted by molar-refractivity contribution is 0.187. The van der Waals surface area contributed by atoms with Crippen LogP contribution in [0.4, 0.5) is 0 Å². The monoisotopic (exact) mass is 234 g/mol. The zero-order valence-electron chi connectivity index (χ0n) is 10.4. The fourth-order valence-corrected chi connectivity index (χ4v) is 2.33. The lowest BCUT2D eigenvalue weighted by atomic mass is 10.1. The molecule has 0 saturated carbocycles. The van der Waals surface area contributed by atoms with Crippen molar-refractivity contribution in [1.29, 1.82) is 0 Å². The Kier molecular flexibility index (Phi) is 3.09. The lowest BCUT2D eigenvalue weighted by Gasteiger charge is -2.08. The summed E-state index contributed by atoms with van der Waals surface area (Å²) in [6.07, 6.45) is -0.634. The van der Waals surface area contributed by atoms with Gasteiger partial charge in [0.25, 0.3) is 0 Å². The summed E-state index contributed by atoms with van der Waals surface area (Å²) in [4.78, 5) is 0. The average Bonchev–Trinajstić information content (AvgIpc) is 2.61. The molecule has 1 atom stereocenters. The van der Waals surface area contributed by atoms with Crippen LogP contribution in [0.2, 0.25) is 0 Å². The van der Waals surface area contributed by atoms with Crippen molar-refractivity contribution >= 4 is 10.9 Å². The third-order valence-corrected chi connectivity index (χ3v) is 3.29. The molecule has 0 amide bonds. The van der Waals surface area contributed by atoms with Crippen LogP contribution in [-0.4, -0.2) is 23.3 Å². The fourth-order valence-electron chi connectivity index (χ4n) is 2.33. The maximum atomic E-state index is 10.0. The molecule has 1 aromatic carbocycles. The van der Waals surface area contributed by atoms with Crippen LogP contribution >= 0.6 is 0 Å². The standard InChI is InChI=1S/C13H18N2O2/c1-8-12(10(16)7-14)9-5-4-6-11(17-3)13(9)15(8)2/h4-6,10,16H,7,14H2,1-3H3. The third kappa shape index (κ3) is 1.69. The normalized spacial score (nSPS) is 13.0. The Bertz CT molecular complexity index is 546. The second-order valence-electron chi connectivity index (χ2n) is 4.17. The molecule has 0 bridgehead atoms. The first-order chi connectivity index (χ1) is 8.11. The van der Waals surface area contributed by atoms with E-state index < -0.39 is 6.10 Å². The highest BCUT2D eigenvalue weighted by Gasteiger charge is 2.19. The average molecular weight is 234 g/mol. The Labute approximate surface area is 101 Å². The van der Waals surface area contributed by atoms with E-state index in [9.17, 15) is 5.11 Å². The molecule has 3 N–H and O–H groups in total. The molecule has 1 heterocycles. The number of fused-ring (bicyclic) bond motifs is 1. The maximum absolute atomic E-state index is 10.0. The molecule has 0 aliphatic heterocycles. The van der Waals surface area contributed by atoms with E-state index >= 15 is 0 Å². The van der Waals surface area contributed by atoms with Gasteiger partial charge in [-0.25, -0.2) is 0 Å². The van der Waals surface area contributed by atoms with Gasteiger partial charge in [-0.3, -0.25) is 0 Å². The summed E-state index contributed by atoms with van der Waals surface area (Å²) in [5, 5.41) is 11.0. The van der Waals surface area contributed by atoms with Gasteiger partial charge in [0.15, 0.2) is 0 Å². The van der Waals surface area contributed by atoms with Crippen LogP contribution in [0.1, 0.15) is 17.4 Å². The minimum absolute atomic E-state index is 0.219. The smallest absolute Gasteiger partial charge is 0.143 e. The van der Waals surface area contributed by atoms with Gasteiger partial charge in [-0.1, -0.05) is 12.1 Å². The topological polar surface area (TPSA) is 60.4 Å². The van der Waals surface area contributed by atoms with Crippen LogP contribution in [0.15, 0.2) is 18.2 Å². The van der Waals surface area contributed by atoms with Gasteiger partial charge in [0.2, 0.25) is 0 Å². The highest BCUT2D eigenvalue weighted by molar-refractivity contribution is 5.90. The van der Waals surface area contributed by atoms with E-state index in [1.54, 1.807) is 7.11 Å². The van der Waals surface area contributed by atoms with Gasteiger partial charge in [0.05, 0.1) is 18.7 Å². The highest BCUT2D eigenvalue weighted by atomic mass is 16.5. The van der Waals surface area contributed by atoms with E-state index in [0.717, 1.165) is 27.9 Å². The van der Waals surface area contributed by atoms with Crippen molar-refractivity contribution in [2.24, 2.45) is 12.8 Å². The first-order valence-electron chi connectivity index (χ1n) is 5.61. The molecule has 0 spiro atoms. The van der Waals surface area contributed by atoms with Crippen LogP contribution in [-0.2, 0) is 7.05 Å². The van der Waals surface area contributed by atoms with Gasteiger partial charge >= 0.3 is 0 Å². The summed E-state index contributed by atoms with van der Waals surface area (Å²) in [5.74, 6) is 0.809. The number of para-hydroxylation sites is 1. The van der Waals surface area contributed by atoms with Crippen molar-refractivity contribution in [3.8, 4) is 5.75 Å². The van der Waals surface area contributed by atoms with Crippen LogP contribution < -0.4 is 10.5 Å². The van der Waals surface area contributed by atoms with Gasteiger partial charge in [0.1, 0.15) is 5.75 Å². The molecule has 0 aliphatic carbocycles. The van der Waals surface area contributed by atoms with E-state index in [2.05, 4.69) is 0 Å². The summed E-state index contributed by atoms with van der Waals surface area (Å²) < 4.78 is 7.39. The number of hydrogen-bond donors (Lipinski definition) is 2. The van der Waals surface area contributed by atoms with E-state index in [1.165, 1.54) is 0 Å². The lowest BCUT2D eigenvalue weighted by Crippen LogP contribution is -2.12. The van der Waals surface area contributed by atoms with Crippen molar-refractivity contribution in [3.05, 3.63) is 29.5 Å². The van der Waals surface area contributed by atoms with Crippen LogP contribution in [0, 0.1) is 6.92 Å². The molecule has 2 aromatic rings. The Morgan fingerprint density at radius 2 is 2.18 bits per heavy atom. The SMILES string of the molecule is COc1cccc2c(C(O)CN)c(C)n(C)c12. The molecular formula is C13H18N2O2. The Balaban J connectivity index is 2.82. The number of aromatic nitrogens is 1. The molecular weight excluding hydrogens is 216 g/mol. The minimum atomic E-state index is -0.634. The van der Waals surface area contributed by atoms with Crippen LogP contribution in [0.25, 0.3) is 10.9 Å². The zero-order chi connectivity index (χ0) is 12.6. The summed E-state index contributed by atoms with van der Waals surface area (Å²) in [5.41, 5.74) is 8.46. The second-order valence-corrected chi connectivity index (χ2v) is 4.17. The number of rotatable bonds is 3. The molecule has 0 fully saturated rings. The molecule has 0 saturated heterocycles. The summed E-state index contributed by atoms with van der Waals surface area (Å²) >= 11 is 0. The van der Waals surface area contributed by atoms with Gasteiger partial charge in [-0.05, 0) is 13.0 Å². The number of aryl methyl sites for hydroxylation is 1. The van der Waals surface area contributed by atoms with Crippen molar-refractivity contribution in [2.75, 3.05) is 13.7 Å². The molecule has 4 heteroatoms.